The Bertz CT molecular complexity index is 1570. The van der Waals surface area contributed by atoms with Crippen molar-refractivity contribution in [2.75, 3.05) is 24.1 Å². The highest BCUT2D eigenvalue weighted by Crippen LogP contribution is 2.45. The monoisotopic (exact) mass is 583 g/mol. The average molecular weight is 584 g/mol. The van der Waals surface area contributed by atoms with Crippen LogP contribution in [0.15, 0.2) is 48.7 Å². The minimum absolute atomic E-state index is 0.198. The van der Waals surface area contributed by atoms with Crippen molar-refractivity contribution in [3.8, 4) is 5.75 Å². The van der Waals surface area contributed by atoms with Gasteiger partial charge in [-0.2, -0.15) is 0 Å². The molecule has 12 heteroatoms. The van der Waals surface area contributed by atoms with Crippen LogP contribution < -0.4 is 20.5 Å². The minimum Gasteiger partial charge on any atom is -0.487 e. The summed E-state index contributed by atoms with van der Waals surface area (Å²) in [4.78, 5) is 31.6. The number of rotatable bonds is 7. The van der Waals surface area contributed by atoms with Crippen LogP contribution in [0.2, 0.25) is 0 Å². The van der Waals surface area contributed by atoms with Gasteiger partial charge in [-0.1, -0.05) is 18.2 Å². The number of nitrogens with zero attached hydrogens (tertiary/aromatic N) is 1. The van der Waals surface area contributed by atoms with Crippen molar-refractivity contribution in [2.24, 2.45) is 5.73 Å². The van der Waals surface area contributed by atoms with Gasteiger partial charge in [0.1, 0.15) is 17.4 Å². The number of para-hydroxylation sites is 1. The van der Waals surface area contributed by atoms with E-state index in [0.717, 1.165) is 22.7 Å². The summed E-state index contributed by atoms with van der Waals surface area (Å²) in [6.07, 6.45) is 3.70. The quantitative estimate of drug-likeness (QED) is 0.284. The maximum absolute atomic E-state index is 13.8. The van der Waals surface area contributed by atoms with Crippen LogP contribution in [0.25, 0.3) is 10.9 Å². The van der Waals surface area contributed by atoms with Gasteiger partial charge in [0.2, 0.25) is 21.8 Å². The van der Waals surface area contributed by atoms with Crippen molar-refractivity contribution in [3.63, 3.8) is 0 Å². The molecule has 2 atom stereocenters. The summed E-state index contributed by atoms with van der Waals surface area (Å²) in [5.41, 5.74) is 6.97. The first-order valence-corrected chi connectivity index (χ1v) is 15.5. The largest absolute Gasteiger partial charge is 0.487 e. The number of carbonyl (C=O) groups excluding carboxylic acids is 2. The number of sulfonamides is 1. The Balaban J connectivity index is 1.31. The first kappa shape index (κ1) is 28.9. The third-order valence-electron chi connectivity index (χ3n) is 7.84. The second kappa shape index (κ2) is 10.7. The molecule has 3 heterocycles. The third kappa shape index (κ3) is 6.34. The Hall–Kier alpha value is -3.61. The van der Waals surface area contributed by atoms with Gasteiger partial charge in [0.05, 0.1) is 17.9 Å². The number of carbonyl (C=O) groups is 2. The molecule has 2 aromatic carbocycles. The Morgan fingerprint density at radius 1 is 1.22 bits per heavy atom. The standard InChI is InChI=1S/C29H37N5O6S/c1-28(2,30)27(37)32-23(14-18-17-31-22-7-5-4-6-20(18)22)26(36)34-12-10-29(11-13-34)16-24(35)21-15-19(33-41(3,38)39)8-9-25(21)40-29/h4-9,15,17,23-24,31,33,35H,10-14,16,30H2,1-3H3,(H,32,37)/t23-,24?/m1/s1. The summed E-state index contributed by atoms with van der Waals surface area (Å²) in [6.45, 7) is 3.98. The molecule has 2 aliphatic heterocycles. The molecule has 1 aromatic heterocycles. The van der Waals surface area contributed by atoms with Gasteiger partial charge in [-0.15, -0.1) is 0 Å². The SMILES string of the molecule is CC(C)(N)C(=O)N[C@H](Cc1c[nH]c2ccccc12)C(=O)N1CCC2(CC1)CC(O)c1cc(NS(C)(=O)=O)ccc1O2. The molecule has 5 rings (SSSR count). The smallest absolute Gasteiger partial charge is 0.245 e. The van der Waals surface area contributed by atoms with Crippen molar-refractivity contribution >= 4 is 38.4 Å². The lowest BCUT2D eigenvalue weighted by molar-refractivity contribution is -0.141. The molecule has 0 bridgehead atoms. The zero-order valence-electron chi connectivity index (χ0n) is 23.4. The van der Waals surface area contributed by atoms with Crippen molar-refractivity contribution in [2.45, 2.75) is 62.8 Å². The Labute approximate surface area is 239 Å². The number of aromatic amines is 1. The third-order valence-corrected chi connectivity index (χ3v) is 8.44. The molecule has 6 N–H and O–H groups in total. The van der Waals surface area contributed by atoms with Crippen LogP contribution >= 0.6 is 0 Å². The highest BCUT2D eigenvalue weighted by atomic mass is 32.2. The van der Waals surface area contributed by atoms with E-state index >= 15 is 0 Å². The number of nitrogens with one attached hydrogen (secondary N) is 3. The lowest BCUT2D eigenvalue weighted by Gasteiger charge is -2.46. The number of ether oxygens (including phenoxy) is 1. The van der Waals surface area contributed by atoms with Gasteiger partial charge in [-0.05, 0) is 43.7 Å². The summed E-state index contributed by atoms with van der Waals surface area (Å²) in [6, 6.07) is 11.8. The lowest BCUT2D eigenvalue weighted by Crippen LogP contribution is -2.59. The second-order valence-corrected chi connectivity index (χ2v) is 13.5. The molecule has 0 radical (unpaired) electrons. The number of fused-ring (bicyclic) bond motifs is 2. The molecular formula is C29H37N5O6S. The Kier molecular flexibility index (Phi) is 7.51. The first-order valence-electron chi connectivity index (χ1n) is 13.7. The number of hydrogen-bond donors (Lipinski definition) is 5. The van der Waals surface area contributed by atoms with E-state index in [1.165, 1.54) is 0 Å². The molecule has 41 heavy (non-hydrogen) atoms. The number of nitrogens with two attached hydrogens (primary N) is 1. The summed E-state index contributed by atoms with van der Waals surface area (Å²) in [5.74, 6) is -0.113. The van der Waals surface area contributed by atoms with Crippen molar-refractivity contribution in [3.05, 3.63) is 59.8 Å². The van der Waals surface area contributed by atoms with Crippen LogP contribution in [-0.4, -0.2) is 71.7 Å². The van der Waals surface area contributed by atoms with Crippen LogP contribution in [0, 0.1) is 0 Å². The van der Waals surface area contributed by atoms with Gasteiger partial charge in [0.25, 0.3) is 0 Å². The van der Waals surface area contributed by atoms with Gasteiger partial charge >= 0.3 is 0 Å². The number of hydrogen-bond acceptors (Lipinski definition) is 7. The molecule has 1 spiro atoms. The molecule has 2 aliphatic rings. The molecule has 0 aliphatic carbocycles. The summed E-state index contributed by atoms with van der Waals surface area (Å²) in [7, 11) is -3.46. The Morgan fingerprint density at radius 2 is 1.93 bits per heavy atom. The van der Waals surface area contributed by atoms with E-state index in [2.05, 4.69) is 15.0 Å². The normalized spacial score (nSPS) is 19.3. The molecule has 0 saturated carbocycles. The van der Waals surface area contributed by atoms with Crippen LogP contribution in [0.4, 0.5) is 5.69 Å². The number of amides is 2. The maximum Gasteiger partial charge on any atom is 0.245 e. The van der Waals surface area contributed by atoms with E-state index in [-0.39, 0.29) is 5.91 Å². The maximum atomic E-state index is 13.8. The minimum atomic E-state index is -3.46. The molecule has 1 fully saturated rings. The highest BCUT2D eigenvalue weighted by Gasteiger charge is 2.44. The Morgan fingerprint density at radius 3 is 2.61 bits per heavy atom. The van der Waals surface area contributed by atoms with Gasteiger partial charge < -0.3 is 30.8 Å². The van der Waals surface area contributed by atoms with Gasteiger partial charge in [0, 0.05) is 67.1 Å². The number of aromatic nitrogens is 1. The van der Waals surface area contributed by atoms with Gasteiger partial charge in [0.15, 0.2) is 0 Å². The summed E-state index contributed by atoms with van der Waals surface area (Å²) in [5, 5.41) is 14.8. The van der Waals surface area contributed by atoms with Crippen molar-refractivity contribution < 1.29 is 27.9 Å². The molecule has 220 valence electrons. The fourth-order valence-corrected chi connectivity index (χ4v) is 6.20. The predicted octanol–water partition coefficient (Wildman–Crippen LogP) is 2.18. The second-order valence-electron chi connectivity index (χ2n) is 11.8. The van der Waals surface area contributed by atoms with E-state index in [0.29, 0.717) is 55.8 Å². The van der Waals surface area contributed by atoms with E-state index in [1.54, 1.807) is 36.9 Å². The predicted molar refractivity (Wildman–Crippen MR) is 156 cm³/mol. The van der Waals surface area contributed by atoms with E-state index in [4.69, 9.17) is 10.5 Å². The number of anilines is 1. The number of benzene rings is 2. The highest BCUT2D eigenvalue weighted by molar-refractivity contribution is 7.92. The van der Waals surface area contributed by atoms with Gasteiger partial charge in [-0.3, -0.25) is 14.3 Å². The molecule has 3 aromatic rings. The van der Waals surface area contributed by atoms with E-state index < -0.39 is 39.2 Å². The molecule has 1 unspecified atom stereocenters. The van der Waals surface area contributed by atoms with Crippen LogP contribution in [0.3, 0.4) is 0 Å². The van der Waals surface area contributed by atoms with E-state index in [1.807, 2.05) is 30.5 Å². The van der Waals surface area contributed by atoms with Crippen LogP contribution in [0.5, 0.6) is 5.75 Å². The topological polar surface area (TPSA) is 167 Å². The van der Waals surface area contributed by atoms with Crippen molar-refractivity contribution in [1.29, 1.82) is 0 Å². The zero-order chi connectivity index (χ0) is 29.6. The van der Waals surface area contributed by atoms with Crippen LogP contribution in [-0.2, 0) is 26.0 Å². The molecule has 1 saturated heterocycles. The number of aliphatic hydroxyl groups excluding tert-OH is 1. The lowest BCUT2D eigenvalue weighted by atomic mass is 9.81. The fourth-order valence-electron chi connectivity index (χ4n) is 5.64. The summed E-state index contributed by atoms with van der Waals surface area (Å²) < 4.78 is 32.0. The number of aliphatic hydroxyl groups is 1. The summed E-state index contributed by atoms with van der Waals surface area (Å²) >= 11 is 0. The van der Waals surface area contributed by atoms with Gasteiger partial charge in [-0.25, -0.2) is 8.42 Å². The van der Waals surface area contributed by atoms with Crippen molar-refractivity contribution in [1.82, 2.24) is 15.2 Å². The first-order chi connectivity index (χ1) is 19.2. The molecular weight excluding hydrogens is 546 g/mol. The van der Waals surface area contributed by atoms with E-state index in [9.17, 15) is 23.1 Å². The molecule has 2 amide bonds. The number of H-pyrrole nitrogens is 1. The zero-order valence-corrected chi connectivity index (χ0v) is 24.3. The molecule has 11 nitrogen and oxygen atoms in total. The van der Waals surface area contributed by atoms with Crippen LogP contribution in [0.1, 0.15) is 50.3 Å². The average Bonchev–Trinajstić information content (AvgIpc) is 3.30. The number of piperidine rings is 1. The number of likely N-dealkylation sites (tertiary alicyclic amines) is 1. The fraction of sp³-hybridized carbons (Fsp3) is 0.448.